The molecule has 1 saturated heterocycles. The number of amides is 1. The molecule has 0 saturated carbocycles. The Bertz CT molecular complexity index is 319. The molecule has 0 spiro atoms. The minimum atomic E-state index is -0.743. The van der Waals surface area contributed by atoms with Crippen LogP contribution in [0, 0.1) is 11.8 Å². The summed E-state index contributed by atoms with van der Waals surface area (Å²) in [5.74, 6) is -0.317. The summed E-state index contributed by atoms with van der Waals surface area (Å²) in [6.07, 6.45) is 4.64. The predicted molar refractivity (Wildman–Crippen MR) is 76.4 cm³/mol. The van der Waals surface area contributed by atoms with E-state index >= 15 is 0 Å². The molecule has 1 fully saturated rings. The minimum Gasteiger partial charge on any atom is -0.481 e. The van der Waals surface area contributed by atoms with Gasteiger partial charge in [-0.2, -0.15) is 0 Å². The number of rotatable bonds is 9. The van der Waals surface area contributed by atoms with Crippen molar-refractivity contribution in [2.24, 2.45) is 11.8 Å². The molecule has 3 unspecified atom stereocenters. The Morgan fingerprint density at radius 3 is 2.65 bits per heavy atom. The first-order valence-corrected chi connectivity index (χ1v) is 7.65. The standard InChI is InChI=1S/C15H27NO4/c1-3-4-12(5-6-14(17)18)7-9-16-15(19)13-8-10-20-11(13)2/h11-13H,3-10H2,1-2H3,(H,16,19)(H,17,18). The Morgan fingerprint density at radius 2 is 2.10 bits per heavy atom. The number of carboxylic acids is 1. The molecular formula is C15H27NO4. The van der Waals surface area contributed by atoms with Crippen LogP contribution >= 0.6 is 0 Å². The van der Waals surface area contributed by atoms with Gasteiger partial charge < -0.3 is 15.2 Å². The van der Waals surface area contributed by atoms with Crippen LogP contribution in [0.5, 0.6) is 0 Å². The van der Waals surface area contributed by atoms with E-state index in [1.807, 2.05) is 6.92 Å². The van der Waals surface area contributed by atoms with Gasteiger partial charge in [0.15, 0.2) is 0 Å². The van der Waals surface area contributed by atoms with Crippen molar-refractivity contribution in [3.8, 4) is 0 Å². The van der Waals surface area contributed by atoms with Gasteiger partial charge in [0, 0.05) is 19.6 Å². The average molecular weight is 285 g/mol. The van der Waals surface area contributed by atoms with Gasteiger partial charge in [-0.3, -0.25) is 9.59 Å². The van der Waals surface area contributed by atoms with Crippen LogP contribution in [-0.2, 0) is 14.3 Å². The molecule has 0 aromatic heterocycles. The van der Waals surface area contributed by atoms with Crippen molar-refractivity contribution >= 4 is 11.9 Å². The van der Waals surface area contributed by atoms with Crippen LogP contribution in [0.15, 0.2) is 0 Å². The average Bonchev–Trinajstić information content (AvgIpc) is 2.82. The number of carboxylic acid groups (broad SMARTS) is 1. The number of carbonyl (C=O) groups is 2. The second kappa shape index (κ2) is 8.95. The maximum atomic E-state index is 12.0. The molecule has 1 rings (SSSR count). The van der Waals surface area contributed by atoms with Crippen LogP contribution in [0.1, 0.15) is 52.4 Å². The SMILES string of the molecule is CCCC(CCNC(=O)C1CCOC1C)CCC(=O)O. The van der Waals surface area contributed by atoms with E-state index in [1.165, 1.54) is 0 Å². The van der Waals surface area contributed by atoms with E-state index in [0.29, 0.717) is 25.5 Å². The fourth-order valence-corrected chi connectivity index (χ4v) is 2.78. The van der Waals surface area contributed by atoms with E-state index in [0.717, 1.165) is 25.7 Å². The molecule has 5 heteroatoms. The molecule has 1 amide bonds. The quantitative estimate of drug-likeness (QED) is 0.681. The zero-order chi connectivity index (χ0) is 15.0. The molecule has 0 bridgehead atoms. The molecule has 20 heavy (non-hydrogen) atoms. The number of nitrogens with one attached hydrogen (secondary N) is 1. The van der Waals surface area contributed by atoms with Crippen molar-refractivity contribution in [2.75, 3.05) is 13.2 Å². The molecule has 1 aliphatic rings. The van der Waals surface area contributed by atoms with Crippen molar-refractivity contribution in [1.29, 1.82) is 0 Å². The third kappa shape index (κ3) is 5.90. The van der Waals surface area contributed by atoms with Gasteiger partial charge in [0.1, 0.15) is 0 Å². The fraction of sp³-hybridized carbons (Fsp3) is 0.867. The molecule has 0 aliphatic carbocycles. The second-order valence-corrected chi connectivity index (χ2v) is 5.64. The van der Waals surface area contributed by atoms with Gasteiger partial charge >= 0.3 is 5.97 Å². The molecule has 0 radical (unpaired) electrons. The van der Waals surface area contributed by atoms with Crippen molar-refractivity contribution in [3.05, 3.63) is 0 Å². The Kier molecular flexibility index (Phi) is 7.59. The van der Waals surface area contributed by atoms with Crippen molar-refractivity contribution < 1.29 is 19.4 Å². The first-order chi connectivity index (χ1) is 9.54. The molecule has 5 nitrogen and oxygen atoms in total. The van der Waals surface area contributed by atoms with E-state index in [-0.39, 0.29) is 24.3 Å². The molecule has 0 aromatic carbocycles. The van der Waals surface area contributed by atoms with Crippen LogP contribution in [0.3, 0.4) is 0 Å². The van der Waals surface area contributed by atoms with Crippen molar-refractivity contribution in [1.82, 2.24) is 5.32 Å². The van der Waals surface area contributed by atoms with Gasteiger partial charge in [-0.25, -0.2) is 0 Å². The van der Waals surface area contributed by atoms with Crippen LogP contribution in [0.2, 0.25) is 0 Å². The van der Waals surface area contributed by atoms with Crippen LogP contribution in [0.4, 0.5) is 0 Å². The van der Waals surface area contributed by atoms with E-state index in [1.54, 1.807) is 0 Å². The van der Waals surface area contributed by atoms with E-state index < -0.39 is 5.97 Å². The number of ether oxygens (including phenoxy) is 1. The van der Waals surface area contributed by atoms with Crippen molar-refractivity contribution in [2.45, 2.75) is 58.5 Å². The normalized spacial score (nSPS) is 23.5. The smallest absolute Gasteiger partial charge is 0.303 e. The lowest BCUT2D eigenvalue weighted by Crippen LogP contribution is -2.35. The molecule has 1 heterocycles. The van der Waals surface area contributed by atoms with Gasteiger partial charge in [0.25, 0.3) is 0 Å². The minimum absolute atomic E-state index is 0.00782. The zero-order valence-corrected chi connectivity index (χ0v) is 12.6. The largest absolute Gasteiger partial charge is 0.481 e. The summed E-state index contributed by atoms with van der Waals surface area (Å²) in [7, 11) is 0. The Labute approximate surface area is 121 Å². The highest BCUT2D eigenvalue weighted by molar-refractivity contribution is 5.79. The van der Waals surface area contributed by atoms with Crippen LogP contribution in [0.25, 0.3) is 0 Å². The summed E-state index contributed by atoms with van der Waals surface area (Å²) >= 11 is 0. The van der Waals surface area contributed by atoms with Gasteiger partial charge in [0.2, 0.25) is 5.91 Å². The topological polar surface area (TPSA) is 75.6 Å². The maximum absolute atomic E-state index is 12.0. The summed E-state index contributed by atoms with van der Waals surface area (Å²) in [6, 6.07) is 0. The number of hydrogen-bond donors (Lipinski definition) is 2. The molecule has 116 valence electrons. The first-order valence-electron chi connectivity index (χ1n) is 7.65. The van der Waals surface area contributed by atoms with Crippen molar-refractivity contribution in [3.63, 3.8) is 0 Å². The van der Waals surface area contributed by atoms with Gasteiger partial charge in [-0.05, 0) is 32.1 Å². The Hall–Kier alpha value is -1.10. The molecular weight excluding hydrogens is 258 g/mol. The fourth-order valence-electron chi connectivity index (χ4n) is 2.78. The third-order valence-electron chi connectivity index (χ3n) is 4.03. The monoisotopic (exact) mass is 285 g/mol. The number of hydrogen-bond acceptors (Lipinski definition) is 3. The lowest BCUT2D eigenvalue weighted by atomic mass is 9.94. The summed E-state index contributed by atoms with van der Waals surface area (Å²) in [5, 5.41) is 11.7. The van der Waals surface area contributed by atoms with Crippen LogP contribution < -0.4 is 5.32 Å². The molecule has 0 aromatic rings. The number of carbonyl (C=O) groups excluding carboxylic acids is 1. The lowest BCUT2D eigenvalue weighted by Gasteiger charge is -2.17. The summed E-state index contributed by atoms with van der Waals surface area (Å²) in [6.45, 7) is 5.33. The Balaban J connectivity index is 2.25. The molecule has 3 atom stereocenters. The maximum Gasteiger partial charge on any atom is 0.303 e. The van der Waals surface area contributed by atoms with Gasteiger partial charge in [-0.1, -0.05) is 19.8 Å². The molecule has 2 N–H and O–H groups in total. The first kappa shape index (κ1) is 17.0. The highest BCUT2D eigenvalue weighted by atomic mass is 16.5. The lowest BCUT2D eigenvalue weighted by molar-refractivity contribution is -0.137. The third-order valence-corrected chi connectivity index (χ3v) is 4.03. The van der Waals surface area contributed by atoms with Gasteiger partial charge in [0.05, 0.1) is 12.0 Å². The van der Waals surface area contributed by atoms with E-state index in [2.05, 4.69) is 12.2 Å². The molecule has 1 aliphatic heterocycles. The summed E-state index contributed by atoms with van der Waals surface area (Å²) in [4.78, 5) is 22.6. The summed E-state index contributed by atoms with van der Waals surface area (Å²) < 4.78 is 5.39. The van der Waals surface area contributed by atoms with E-state index in [9.17, 15) is 9.59 Å². The predicted octanol–water partition coefficient (Wildman–Crippen LogP) is 2.20. The van der Waals surface area contributed by atoms with E-state index in [4.69, 9.17) is 9.84 Å². The summed E-state index contributed by atoms with van der Waals surface area (Å²) in [5.41, 5.74) is 0. The highest BCUT2D eigenvalue weighted by Crippen LogP contribution is 2.21. The number of aliphatic carboxylic acids is 1. The van der Waals surface area contributed by atoms with Crippen LogP contribution in [-0.4, -0.2) is 36.2 Å². The Morgan fingerprint density at radius 1 is 1.35 bits per heavy atom. The highest BCUT2D eigenvalue weighted by Gasteiger charge is 2.30. The van der Waals surface area contributed by atoms with Gasteiger partial charge in [-0.15, -0.1) is 0 Å². The zero-order valence-electron chi connectivity index (χ0n) is 12.6. The second-order valence-electron chi connectivity index (χ2n) is 5.64.